The Morgan fingerprint density at radius 2 is 2.08 bits per heavy atom. The second-order valence-electron chi connectivity index (χ2n) is 7.23. The Hall–Kier alpha value is -2.89. The van der Waals surface area contributed by atoms with Crippen LogP contribution in [0.25, 0.3) is 11.4 Å². The fourth-order valence-corrected chi connectivity index (χ4v) is 3.38. The molecule has 0 fully saturated rings. The lowest BCUT2D eigenvalue weighted by molar-refractivity contribution is 0.0726. The van der Waals surface area contributed by atoms with Gasteiger partial charge < -0.3 is 9.88 Å². The normalized spacial score (nSPS) is 13.9. The summed E-state index contributed by atoms with van der Waals surface area (Å²) in [6.07, 6.45) is 1.65. The molecule has 2 aromatic heterocycles. The van der Waals surface area contributed by atoms with E-state index in [-0.39, 0.29) is 5.91 Å². The first-order valence-corrected chi connectivity index (χ1v) is 9.07. The molecule has 1 aliphatic rings. The van der Waals surface area contributed by atoms with Gasteiger partial charge in [0.15, 0.2) is 0 Å². The van der Waals surface area contributed by atoms with Gasteiger partial charge in [-0.25, -0.2) is 4.98 Å². The molecule has 0 saturated heterocycles. The van der Waals surface area contributed by atoms with Crippen LogP contribution in [-0.4, -0.2) is 37.5 Å². The van der Waals surface area contributed by atoms with Crippen molar-refractivity contribution in [2.45, 2.75) is 33.2 Å². The van der Waals surface area contributed by atoms with E-state index in [1.165, 1.54) is 0 Å². The van der Waals surface area contributed by atoms with E-state index in [2.05, 4.69) is 29.0 Å². The summed E-state index contributed by atoms with van der Waals surface area (Å²) in [6, 6.07) is 11.9. The number of nitrogens with zero attached hydrogens (tertiary/aromatic N) is 3. The van der Waals surface area contributed by atoms with Crippen LogP contribution in [0.3, 0.4) is 0 Å². The molecule has 3 aromatic rings. The van der Waals surface area contributed by atoms with Crippen molar-refractivity contribution in [3.8, 4) is 11.4 Å². The molecule has 0 unspecified atom stereocenters. The largest absolute Gasteiger partial charge is 0.340 e. The van der Waals surface area contributed by atoms with Crippen molar-refractivity contribution in [2.24, 2.45) is 5.92 Å². The standard InChI is InChI=1S/C20H23N5O/c1-13(2)10-15-11-17(24-23-15)20(26)25-9-8-16-18(12-25)22-19(21-16)14-6-4-3-5-7-14/h3-7,11,13H,8-10,12H2,1-2H3,(H,21,22)(H,23,24). The number of carbonyl (C=O) groups excluding carboxylic acids is 1. The maximum absolute atomic E-state index is 12.8. The minimum atomic E-state index is -0.0298. The lowest BCUT2D eigenvalue weighted by Gasteiger charge is -2.25. The highest BCUT2D eigenvalue weighted by Crippen LogP contribution is 2.23. The molecule has 0 spiro atoms. The molecule has 3 heterocycles. The molecule has 6 nitrogen and oxygen atoms in total. The van der Waals surface area contributed by atoms with Crippen molar-refractivity contribution in [1.82, 2.24) is 25.1 Å². The molecule has 0 saturated carbocycles. The van der Waals surface area contributed by atoms with Gasteiger partial charge in [0.25, 0.3) is 5.91 Å². The van der Waals surface area contributed by atoms with Crippen molar-refractivity contribution < 1.29 is 4.79 Å². The predicted molar refractivity (Wildman–Crippen MR) is 99.6 cm³/mol. The summed E-state index contributed by atoms with van der Waals surface area (Å²) in [6.45, 7) is 5.51. The number of benzene rings is 1. The Labute approximate surface area is 152 Å². The molecule has 4 rings (SSSR count). The van der Waals surface area contributed by atoms with Crippen molar-refractivity contribution in [1.29, 1.82) is 0 Å². The van der Waals surface area contributed by atoms with E-state index < -0.39 is 0 Å². The maximum atomic E-state index is 12.8. The SMILES string of the molecule is CC(C)Cc1cc(C(=O)N2CCc3nc(-c4ccccc4)[nH]c3C2)n[nH]1. The van der Waals surface area contributed by atoms with Crippen LogP contribution in [0.15, 0.2) is 36.4 Å². The molecular formula is C20H23N5O. The predicted octanol–water partition coefficient (Wildman–Crippen LogP) is 3.20. The molecule has 0 radical (unpaired) electrons. The lowest BCUT2D eigenvalue weighted by Crippen LogP contribution is -2.36. The van der Waals surface area contributed by atoms with Gasteiger partial charge in [0.2, 0.25) is 0 Å². The van der Waals surface area contributed by atoms with Crippen LogP contribution >= 0.6 is 0 Å². The fraction of sp³-hybridized carbons (Fsp3) is 0.350. The number of H-pyrrole nitrogens is 2. The molecule has 1 aliphatic heterocycles. The third-order valence-corrected chi connectivity index (χ3v) is 4.64. The van der Waals surface area contributed by atoms with Crippen LogP contribution in [0.4, 0.5) is 0 Å². The summed E-state index contributed by atoms with van der Waals surface area (Å²) in [5.41, 5.74) is 4.63. The van der Waals surface area contributed by atoms with E-state index in [1.54, 1.807) is 0 Å². The molecule has 26 heavy (non-hydrogen) atoms. The number of imidazole rings is 1. The van der Waals surface area contributed by atoms with E-state index >= 15 is 0 Å². The highest BCUT2D eigenvalue weighted by atomic mass is 16.2. The first-order valence-electron chi connectivity index (χ1n) is 9.07. The lowest BCUT2D eigenvalue weighted by atomic mass is 10.1. The van der Waals surface area contributed by atoms with Crippen LogP contribution in [0.2, 0.25) is 0 Å². The summed E-state index contributed by atoms with van der Waals surface area (Å²) < 4.78 is 0. The van der Waals surface area contributed by atoms with E-state index in [9.17, 15) is 4.79 Å². The highest BCUT2D eigenvalue weighted by Gasteiger charge is 2.26. The number of fused-ring (bicyclic) bond motifs is 1. The molecule has 1 amide bonds. The molecule has 6 heteroatoms. The van der Waals surface area contributed by atoms with Gasteiger partial charge in [-0.2, -0.15) is 5.10 Å². The second kappa shape index (κ2) is 6.78. The molecular weight excluding hydrogens is 326 g/mol. The third-order valence-electron chi connectivity index (χ3n) is 4.64. The third kappa shape index (κ3) is 3.27. The monoisotopic (exact) mass is 349 g/mol. The molecule has 0 atom stereocenters. The zero-order valence-corrected chi connectivity index (χ0v) is 15.1. The molecule has 134 valence electrons. The Balaban J connectivity index is 1.50. The van der Waals surface area contributed by atoms with Gasteiger partial charge in [-0.05, 0) is 18.4 Å². The van der Waals surface area contributed by atoms with Crippen molar-refractivity contribution in [3.05, 3.63) is 59.2 Å². The van der Waals surface area contributed by atoms with Gasteiger partial charge >= 0.3 is 0 Å². The highest BCUT2D eigenvalue weighted by molar-refractivity contribution is 5.92. The number of hydrogen-bond acceptors (Lipinski definition) is 3. The second-order valence-corrected chi connectivity index (χ2v) is 7.23. The summed E-state index contributed by atoms with van der Waals surface area (Å²) in [7, 11) is 0. The smallest absolute Gasteiger partial charge is 0.274 e. The quantitative estimate of drug-likeness (QED) is 0.759. The summed E-state index contributed by atoms with van der Waals surface area (Å²) in [5.74, 6) is 1.36. The van der Waals surface area contributed by atoms with Crippen LogP contribution in [0.5, 0.6) is 0 Å². The summed E-state index contributed by atoms with van der Waals surface area (Å²) in [4.78, 5) is 22.7. The first kappa shape index (κ1) is 16.6. The van der Waals surface area contributed by atoms with Crippen molar-refractivity contribution in [3.63, 3.8) is 0 Å². The number of carbonyl (C=O) groups is 1. The van der Waals surface area contributed by atoms with Gasteiger partial charge in [0, 0.05) is 24.2 Å². The Morgan fingerprint density at radius 1 is 1.27 bits per heavy atom. The Morgan fingerprint density at radius 3 is 2.85 bits per heavy atom. The average Bonchev–Trinajstić information content (AvgIpc) is 3.27. The van der Waals surface area contributed by atoms with Crippen LogP contribution in [0.1, 0.15) is 41.4 Å². The Bertz CT molecular complexity index is 909. The van der Waals surface area contributed by atoms with Crippen molar-refractivity contribution >= 4 is 5.91 Å². The van der Waals surface area contributed by atoms with Crippen LogP contribution < -0.4 is 0 Å². The van der Waals surface area contributed by atoms with E-state index in [4.69, 9.17) is 4.98 Å². The number of aromatic nitrogens is 4. The van der Waals surface area contributed by atoms with E-state index in [0.29, 0.717) is 24.7 Å². The van der Waals surface area contributed by atoms with Gasteiger partial charge in [-0.1, -0.05) is 44.2 Å². The molecule has 0 bridgehead atoms. The van der Waals surface area contributed by atoms with Crippen LogP contribution in [0, 0.1) is 5.92 Å². The minimum absolute atomic E-state index is 0.0298. The summed E-state index contributed by atoms with van der Waals surface area (Å²) >= 11 is 0. The number of hydrogen-bond donors (Lipinski definition) is 2. The maximum Gasteiger partial charge on any atom is 0.274 e. The van der Waals surface area contributed by atoms with E-state index in [0.717, 1.165) is 41.3 Å². The average molecular weight is 349 g/mol. The minimum Gasteiger partial charge on any atom is -0.340 e. The van der Waals surface area contributed by atoms with Gasteiger partial charge in [0.1, 0.15) is 11.5 Å². The number of rotatable bonds is 4. The molecule has 1 aromatic carbocycles. The van der Waals surface area contributed by atoms with Gasteiger partial charge in [-0.3, -0.25) is 9.89 Å². The number of aromatic amines is 2. The topological polar surface area (TPSA) is 77.7 Å². The zero-order valence-electron chi connectivity index (χ0n) is 15.1. The van der Waals surface area contributed by atoms with Crippen molar-refractivity contribution in [2.75, 3.05) is 6.54 Å². The Kier molecular flexibility index (Phi) is 4.32. The number of nitrogens with one attached hydrogen (secondary N) is 2. The first-order chi connectivity index (χ1) is 12.6. The molecule has 2 N–H and O–H groups in total. The van der Waals surface area contributed by atoms with Crippen LogP contribution in [-0.2, 0) is 19.4 Å². The molecule has 0 aliphatic carbocycles. The van der Waals surface area contributed by atoms with E-state index in [1.807, 2.05) is 41.3 Å². The van der Waals surface area contributed by atoms with Gasteiger partial charge in [-0.15, -0.1) is 0 Å². The fourth-order valence-electron chi connectivity index (χ4n) is 3.38. The number of amides is 1. The van der Waals surface area contributed by atoms with Gasteiger partial charge in [0.05, 0.1) is 17.9 Å². The summed E-state index contributed by atoms with van der Waals surface area (Å²) in [5, 5.41) is 7.20. The zero-order chi connectivity index (χ0) is 18.1.